The van der Waals surface area contributed by atoms with Gasteiger partial charge in [0.05, 0.1) is 0 Å². The molecule has 0 aromatic heterocycles. The fourth-order valence-electron chi connectivity index (χ4n) is 1.48. The third kappa shape index (κ3) is 4.44. The van der Waals surface area contributed by atoms with Crippen LogP contribution in [0.2, 0.25) is 0 Å². The zero-order valence-corrected chi connectivity index (χ0v) is 10.7. The van der Waals surface area contributed by atoms with Gasteiger partial charge in [0.15, 0.2) is 0 Å². The molecule has 4 nitrogen and oxygen atoms in total. The Morgan fingerprint density at radius 1 is 1.29 bits per heavy atom. The second-order valence-corrected chi connectivity index (χ2v) is 5.12. The van der Waals surface area contributed by atoms with Gasteiger partial charge in [0.1, 0.15) is 0 Å². The number of urea groups is 1. The molecule has 0 saturated carbocycles. The number of hydrogen-bond donors (Lipinski definition) is 3. The first-order valence-electron chi connectivity index (χ1n) is 5.76. The van der Waals surface area contributed by atoms with Crippen LogP contribution in [0.5, 0.6) is 0 Å². The van der Waals surface area contributed by atoms with Crippen molar-refractivity contribution in [3.05, 3.63) is 30.3 Å². The lowest BCUT2D eigenvalue weighted by Crippen LogP contribution is -2.49. The number of rotatable bonds is 3. The second-order valence-electron chi connectivity index (χ2n) is 5.12. The summed E-state index contributed by atoms with van der Waals surface area (Å²) in [5.74, 6) is 0. The Balaban J connectivity index is 2.55. The van der Waals surface area contributed by atoms with Crippen LogP contribution >= 0.6 is 0 Å². The third-order valence-electron chi connectivity index (χ3n) is 2.62. The van der Waals surface area contributed by atoms with E-state index in [-0.39, 0.29) is 17.5 Å². The number of hydrogen-bond acceptors (Lipinski definition) is 2. The Bertz CT molecular complexity index is 357. The maximum absolute atomic E-state index is 11.8. The molecule has 4 heteroatoms. The zero-order valence-electron chi connectivity index (χ0n) is 10.7. The van der Waals surface area contributed by atoms with Gasteiger partial charge in [-0.05, 0) is 17.5 Å². The molecule has 0 radical (unpaired) electrons. The van der Waals surface area contributed by atoms with E-state index in [1.807, 2.05) is 51.1 Å². The van der Waals surface area contributed by atoms with Gasteiger partial charge < -0.3 is 16.4 Å². The summed E-state index contributed by atoms with van der Waals surface area (Å²) in [5, 5.41) is 5.65. The van der Waals surface area contributed by atoms with Crippen LogP contribution in [-0.4, -0.2) is 18.6 Å². The van der Waals surface area contributed by atoms with Crippen molar-refractivity contribution in [1.82, 2.24) is 5.32 Å². The van der Waals surface area contributed by atoms with Gasteiger partial charge in [-0.1, -0.05) is 39.0 Å². The van der Waals surface area contributed by atoms with Crippen LogP contribution in [-0.2, 0) is 0 Å². The Morgan fingerprint density at radius 2 is 1.88 bits per heavy atom. The monoisotopic (exact) mass is 235 g/mol. The number of carbonyl (C=O) groups excluding carboxylic acids is 1. The number of anilines is 1. The topological polar surface area (TPSA) is 67.1 Å². The van der Waals surface area contributed by atoms with Crippen molar-refractivity contribution in [2.45, 2.75) is 26.8 Å². The van der Waals surface area contributed by atoms with Crippen LogP contribution in [0.1, 0.15) is 20.8 Å². The van der Waals surface area contributed by atoms with Gasteiger partial charge in [0.2, 0.25) is 0 Å². The summed E-state index contributed by atoms with van der Waals surface area (Å²) in [4.78, 5) is 11.8. The highest BCUT2D eigenvalue weighted by Gasteiger charge is 2.24. The summed E-state index contributed by atoms with van der Waals surface area (Å²) in [6, 6.07) is 9.07. The maximum Gasteiger partial charge on any atom is 0.319 e. The lowest BCUT2D eigenvalue weighted by atomic mass is 9.87. The first-order chi connectivity index (χ1) is 7.93. The smallest absolute Gasteiger partial charge is 0.319 e. The van der Waals surface area contributed by atoms with Crippen molar-refractivity contribution in [3.63, 3.8) is 0 Å². The fraction of sp³-hybridized carbons (Fsp3) is 0.462. The molecule has 0 aliphatic rings. The molecule has 0 fully saturated rings. The number of benzene rings is 1. The fourth-order valence-corrected chi connectivity index (χ4v) is 1.48. The molecular formula is C13H21N3O. The van der Waals surface area contributed by atoms with Crippen LogP contribution in [0, 0.1) is 5.41 Å². The van der Waals surface area contributed by atoms with E-state index in [1.165, 1.54) is 0 Å². The molecule has 94 valence electrons. The number of nitrogens with two attached hydrogens (primary N) is 1. The van der Waals surface area contributed by atoms with E-state index < -0.39 is 0 Å². The van der Waals surface area contributed by atoms with Gasteiger partial charge in [-0.2, -0.15) is 0 Å². The van der Waals surface area contributed by atoms with E-state index in [0.717, 1.165) is 5.69 Å². The van der Waals surface area contributed by atoms with Crippen molar-refractivity contribution in [3.8, 4) is 0 Å². The standard InChI is InChI=1S/C13H21N3O/c1-13(2,3)11(9-14)16-12(17)15-10-7-5-4-6-8-10/h4-8,11H,9,14H2,1-3H3,(H2,15,16,17). The van der Waals surface area contributed by atoms with E-state index in [1.54, 1.807) is 0 Å². The van der Waals surface area contributed by atoms with Gasteiger partial charge in [-0.15, -0.1) is 0 Å². The molecule has 1 rings (SSSR count). The van der Waals surface area contributed by atoms with E-state index in [0.29, 0.717) is 6.54 Å². The van der Waals surface area contributed by atoms with Crippen molar-refractivity contribution in [2.75, 3.05) is 11.9 Å². The minimum Gasteiger partial charge on any atom is -0.333 e. The molecule has 1 aromatic carbocycles. The Labute approximate surface area is 103 Å². The number of para-hydroxylation sites is 1. The van der Waals surface area contributed by atoms with Crippen molar-refractivity contribution < 1.29 is 4.79 Å². The highest BCUT2D eigenvalue weighted by atomic mass is 16.2. The SMILES string of the molecule is CC(C)(C)C(CN)NC(=O)Nc1ccccc1. The van der Waals surface area contributed by atoms with Crippen molar-refractivity contribution in [1.29, 1.82) is 0 Å². The second kappa shape index (κ2) is 5.68. The molecule has 0 bridgehead atoms. The normalized spacial score (nSPS) is 12.9. The van der Waals surface area contributed by atoms with E-state index in [9.17, 15) is 4.79 Å². The first kappa shape index (κ1) is 13.5. The van der Waals surface area contributed by atoms with Gasteiger partial charge in [0, 0.05) is 18.3 Å². The Kier molecular flexibility index (Phi) is 4.52. The van der Waals surface area contributed by atoms with Gasteiger partial charge in [0.25, 0.3) is 0 Å². The molecule has 1 unspecified atom stereocenters. The summed E-state index contributed by atoms with van der Waals surface area (Å²) in [5.41, 5.74) is 6.38. The average Bonchev–Trinajstić information content (AvgIpc) is 2.25. The van der Waals surface area contributed by atoms with Crippen LogP contribution in [0.15, 0.2) is 30.3 Å². The highest BCUT2D eigenvalue weighted by Crippen LogP contribution is 2.18. The Morgan fingerprint density at radius 3 is 2.35 bits per heavy atom. The third-order valence-corrected chi connectivity index (χ3v) is 2.62. The molecular weight excluding hydrogens is 214 g/mol. The lowest BCUT2D eigenvalue weighted by molar-refractivity contribution is 0.230. The van der Waals surface area contributed by atoms with Gasteiger partial charge in [-0.3, -0.25) is 0 Å². The molecule has 0 heterocycles. The molecule has 0 spiro atoms. The minimum atomic E-state index is -0.221. The number of carbonyl (C=O) groups is 1. The lowest BCUT2D eigenvalue weighted by Gasteiger charge is -2.30. The molecule has 4 N–H and O–H groups in total. The molecule has 1 atom stereocenters. The molecule has 0 aliphatic carbocycles. The zero-order chi connectivity index (χ0) is 12.9. The summed E-state index contributed by atoms with van der Waals surface area (Å²) in [6.07, 6.45) is 0. The first-order valence-corrected chi connectivity index (χ1v) is 5.76. The van der Waals surface area contributed by atoms with Crippen LogP contribution < -0.4 is 16.4 Å². The highest BCUT2D eigenvalue weighted by molar-refractivity contribution is 5.89. The molecule has 0 saturated heterocycles. The maximum atomic E-state index is 11.8. The van der Waals surface area contributed by atoms with E-state index >= 15 is 0 Å². The molecule has 0 aliphatic heterocycles. The number of nitrogens with one attached hydrogen (secondary N) is 2. The quantitative estimate of drug-likeness (QED) is 0.751. The van der Waals surface area contributed by atoms with Crippen LogP contribution in [0.3, 0.4) is 0 Å². The Hall–Kier alpha value is -1.55. The molecule has 2 amide bonds. The summed E-state index contributed by atoms with van der Waals surface area (Å²) in [7, 11) is 0. The van der Waals surface area contributed by atoms with Crippen LogP contribution in [0.4, 0.5) is 10.5 Å². The van der Waals surface area contributed by atoms with Gasteiger partial charge >= 0.3 is 6.03 Å². The predicted molar refractivity (Wildman–Crippen MR) is 70.9 cm³/mol. The minimum absolute atomic E-state index is 0.0498. The predicted octanol–water partition coefficient (Wildman–Crippen LogP) is 2.18. The van der Waals surface area contributed by atoms with Crippen molar-refractivity contribution in [2.24, 2.45) is 11.1 Å². The van der Waals surface area contributed by atoms with E-state index in [4.69, 9.17) is 5.73 Å². The number of amides is 2. The summed E-state index contributed by atoms with van der Waals surface area (Å²) < 4.78 is 0. The van der Waals surface area contributed by atoms with Crippen LogP contribution in [0.25, 0.3) is 0 Å². The average molecular weight is 235 g/mol. The summed E-state index contributed by atoms with van der Waals surface area (Å²) in [6.45, 7) is 6.57. The molecule has 17 heavy (non-hydrogen) atoms. The largest absolute Gasteiger partial charge is 0.333 e. The summed E-state index contributed by atoms with van der Waals surface area (Å²) >= 11 is 0. The molecule has 1 aromatic rings. The van der Waals surface area contributed by atoms with Crippen molar-refractivity contribution >= 4 is 11.7 Å². The van der Waals surface area contributed by atoms with Gasteiger partial charge in [-0.25, -0.2) is 4.79 Å². The van der Waals surface area contributed by atoms with E-state index in [2.05, 4.69) is 10.6 Å².